The molecule has 0 saturated carbocycles. The van der Waals surface area contributed by atoms with Crippen molar-refractivity contribution in [3.63, 3.8) is 0 Å². The molecule has 2 aromatic heterocycles. The Morgan fingerprint density at radius 2 is 1.87 bits per heavy atom. The minimum Gasteiger partial charge on any atom is -0.351 e. The van der Waals surface area contributed by atoms with Gasteiger partial charge in [0, 0.05) is 23.0 Å². The lowest BCUT2D eigenvalue weighted by molar-refractivity contribution is 0.259. The minimum absolute atomic E-state index is 0.555. The number of aryl methyl sites for hydroxylation is 1. The number of nitrogens with one attached hydrogen (secondary N) is 1. The highest BCUT2D eigenvalue weighted by Gasteiger charge is 2.18. The number of carbonyl (C=O) groups is 1. The van der Waals surface area contributed by atoms with Crippen molar-refractivity contribution in [2.45, 2.75) is 13.8 Å². The molecule has 3 N–H and O–H groups in total. The topological polar surface area (TPSA) is 85.8 Å². The van der Waals surface area contributed by atoms with Gasteiger partial charge in [-0.25, -0.2) is 9.48 Å². The molecule has 3 rings (SSSR count). The van der Waals surface area contributed by atoms with Gasteiger partial charge in [0.25, 0.3) is 0 Å². The first-order valence-electron chi connectivity index (χ1n) is 7.21. The third-order valence-corrected chi connectivity index (χ3v) is 3.55. The van der Waals surface area contributed by atoms with Crippen molar-refractivity contribution < 1.29 is 4.79 Å². The van der Waals surface area contributed by atoms with Crippen LogP contribution in [0.15, 0.2) is 48.7 Å². The van der Waals surface area contributed by atoms with Crippen LogP contribution in [0.3, 0.4) is 0 Å². The number of pyridine rings is 1. The van der Waals surface area contributed by atoms with Crippen LogP contribution in [0.25, 0.3) is 16.9 Å². The van der Waals surface area contributed by atoms with Gasteiger partial charge in [-0.2, -0.15) is 5.10 Å². The summed E-state index contributed by atoms with van der Waals surface area (Å²) < 4.78 is 1.68. The molecule has 0 saturated heterocycles. The zero-order chi connectivity index (χ0) is 16.4. The van der Waals surface area contributed by atoms with E-state index in [0.29, 0.717) is 5.82 Å². The Bertz CT molecular complexity index is 837. The fourth-order valence-corrected chi connectivity index (χ4v) is 2.40. The van der Waals surface area contributed by atoms with Crippen molar-refractivity contribution in [1.82, 2.24) is 14.8 Å². The lowest BCUT2D eigenvalue weighted by Crippen LogP contribution is -2.21. The molecule has 2 amide bonds. The van der Waals surface area contributed by atoms with E-state index >= 15 is 0 Å². The largest absolute Gasteiger partial charge is 0.351 e. The highest BCUT2D eigenvalue weighted by molar-refractivity contribution is 5.89. The Balaban J connectivity index is 2.17. The van der Waals surface area contributed by atoms with Gasteiger partial charge in [0.15, 0.2) is 0 Å². The van der Waals surface area contributed by atoms with Gasteiger partial charge < -0.3 is 5.73 Å². The molecule has 0 fully saturated rings. The van der Waals surface area contributed by atoms with Crippen LogP contribution in [-0.2, 0) is 0 Å². The predicted molar refractivity (Wildman–Crippen MR) is 89.5 cm³/mol. The number of nitrogens with two attached hydrogens (primary N) is 1. The number of benzene rings is 1. The van der Waals surface area contributed by atoms with Crippen molar-refractivity contribution in [1.29, 1.82) is 0 Å². The van der Waals surface area contributed by atoms with Gasteiger partial charge in [-0.05, 0) is 38.1 Å². The van der Waals surface area contributed by atoms with E-state index in [1.54, 1.807) is 10.9 Å². The van der Waals surface area contributed by atoms with Crippen molar-refractivity contribution in [2.75, 3.05) is 5.32 Å². The molecular weight excluding hydrogens is 290 g/mol. The van der Waals surface area contributed by atoms with Crippen molar-refractivity contribution in [3.8, 4) is 16.9 Å². The minimum atomic E-state index is -0.626. The van der Waals surface area contributed by atoms with Crippen LogP contribution in [0.2, 0.25) is 0 Å². The maximum atomic E-state index is 11.4. The SMILES string of the molecule is Cc1ccc(-c2nn(-c3ccccc3)c(NC(N)=O)c2C)cn1. The molecule has 0 bridgehead atoms. The quantitative estimate of drug-likeness (QED) is 0.779. The van der Waals surface area contributed by atoms with Gasteiger partial charge in [-0.1, -0.05) is 18.2 Å². The number of amides is 2. The Hall–Kier alpha value is -3.15. The van der Waals surface area contributed by atoms with E-state index in [2.05, 4.69) is 15.4 Å². The second-order valence-corrected chi connectivity index (χ2v) is 5.25. The van der Waals surface area contributed by atoms with Crippen LogP contribution < -0.4 is 11.1 Å². The number of anilines is 1. The molecule has 3 aromatic rings. The van der Waals surface area contributed by atoms with Crippen LogP contribution in [0.4, 0.5) is 10.6 Å². The van der Waals surface area contributed by atoms with E-state index < -0.39 is 6.03 Å². The summed E-state index contributed by atoms with van der Waals surface area (Å²) in [5, 5.41) is 7.30. The van der Waals surface area contributed by atoms with Gasteiger partial charge in [0.05, 0.1) is 11.4 Å². The highest BCUT2D eigenvalue weighted by Crippen LogP contribution is 2.30. The lowest BCUT2D eigenvalue weighted by atomic mass is 10.1. The first-order valence-corrected chi connectivity index (χ1v) is 7.21. The van der Waals surface area contributed by atoms with E-state index in [1.165, 1.54) is 0 Å². The second-order valence-electron chi connectivity index (χ2n) is 5.25. The molecule has 0 aliphatic heterocycles. The van der Waals surface area contributed by atoms with Crippen molar-refractivity contribution >= 4 is 11.8 Å². The molecule has 0 aliphatic rings. The third-order valence-electron chi connectivity index (χ3n) is 3.55. The molecular formula is C17H17N5O. The summed E-state index contributed by atoms with van der Waals surface area (Å²) in [4.78, 5) is 15.7. The van der Waals surface area contributed by atoms with E-state index in [0.717, 1.165) is 28.2 Å². The Morgan fingerprint density at radius 1 is 1.13 bits per heavy atom. The van der Waals surface area contributed by atoms with Crippen LogP contribution in [0.1, 0.15) is 11.3 Å². The summed E-state index contributed by atoms with van der Waals surface area (Å²) in [5.41, 5.74) is 9.55. The molecule has 0 radical (unpaired) electrons. The number of urea groups is 1. The standard InChI is InChI=1S/C17H17N5O/c1-11-8-9-13(10-19-11)15-12(2)16(20-17(18)23)22(21-15)14-6-4-3-5-7-14/h3-10H,1-2H3,(H3,18,20,23). The summed E-state index contributed by atoms with van der Waals surface area (Å²) in [6, 6.07) is 12.8. The summed E-state index contributed by atoms with van der Waals surface area (Å²) in [5.74, 6) is 0.555. The zero-order valence-corrected chi connectivity index (χ0v) is 12.9. The second kappa shape index (κ2) is 5.92. The van der Waals surface area contributed by atoms with Crippen LogP contribution >= 0.6 is 0 Å². The number of primary amides is 1. The van der Waals surface area contributed by atoms with Gasteiger partial charge in [0.2, 0.25) is 0 Å². The van der Waals surface area contributed by atoms with Gasteiger partial charge in [-0.3, -0.25) is 10.3 Å². The molecule has 0 spiro atoms. The summed E-state index contributed by atoms with van der Waals surface area (Å²) >= 11 is 0. The molecule has 6 heteroatoms. The van der Waals surface area contributed by atoms with E-state index in [1.807, 2.05) is 56.3 Å². The summed E-state index contributed by atoms with van der Waals surface area (Å²) in [7, 11) is 0. The summed E-state index contributed by atoms with van der Waals surface area (Å²) in [6.45, 7) is 3.83. The van der Waals surface area contributed by atoms with Crippen molar-refractivity contribution in [2.24, 2.45) is 5.73 Å². The Labute approximate surface area is 134 Å². The fourth-order valence-electron chi connectivity index (χ4n) is 2.40. The molecule has 116 valence electrons. The van der Waals surface area contributed by atoms with E-state index in [4.69, 9.17) is 5.73 Å². The third kappa shape index (κ3) is 2.91. The lowest BCUT2D eigenvalue weighted by Gasteiger charge is -2.07. The smallest absolute Gasteiger partial charge is 0.317 e. The average molecular weight is 307 g/mol. The van der Waals surface area contributed by atoms with Crippen LogP contribution in [0, 0.1) is 13.8 Å². The van der Waals surface area contributed by atoms with Crippen LogP contribution in [0.5, 0.6) is 0 Å². The average Bonchev–Trinajstić information content (AvgIpc) is 2.86. The number of para-hydroxylation sites is 1. The number of carbonyl (C=O) groups excluding carboxylic acids is 1. The number of nitrogens with zero attached hydrogens (tertiary/aromatic N) is 3. The highest BCUT2D eigenvalue weighted by atomic mass is 16.2. The number of rotatable bonds is 3. The van der Waals surface area contributed by atoms with Gasteiger partial charge in [0.1, 0.15) is 5.82 Å². The maximum absolute atomic E-state index is 11.4. The van der Waals surface area contributed by atoms with Gasteiger partial charge >= 0.3 is 6.03 Å². The first kappa shape index (κ1) is 14.8. The molecule has 2 heterocycles. The molecule has 0 aliphatic carbocycles. The van der Waals surface area contributed by atoms with E-state index in [9.17, 15) is 4.79 Å². The molecule has 0 atom stereocenters. The van der Waals surface area contributed by atoms with E-state index in [-0.39, 0.29) is 0 Å². The Kier molecular flexibility index (Phi) is 3.80. The van der Waals surface area contributed by atoms with Gasteiger partial charge in [-0.15, -0.1) is 0 Å². The molecule has 0 unspecified atom stereocenters. The zero-order valence-electron chi connectivity index (χ0n) is 12.9. The molecule has 1 aromatic carbocycles. The summed E-state index contributed by atoms with van der Waals surface area (Å²) in [6.07, 6.45) is 1.77. The first-order chi connectivity index (χ1) is 11.1. The van der Waals surface area contributed by atoms with Crippen molar-refractivity contribution in [3.05, 3.63) is 59.9 Å². The number of hydrogen-bond acceptors (Lipinski definition) is 3. The Morgan fingerprint density at radius 3 is 2.48 bits per heavy atom. The van der Waals surface area contributed by atoms with Crippen LogP contribution in [-0.4, -0.2) is 20.8 Å². The number of aromatic nitrogens is 3. The monoisotopic (exact) mass is 307 g/mol. The molecule has 6 nitrogen and oxygen atoms in total. The predicted octanol–water partition coefficient (Wildman–Crippen LogP) is 3.04. The normalized spacial score (nSPS) is 10.5. The molecule has 23 heavy (non-hydrogen) atoms. The number of hydrogen-bond donors (Lipinski definition) is 2. The fraction of sp³-hybridized carbons (Fsp3) is 0.118. The maximum Gasteiger partial charge on any atom is 0.317 e.